The highest BCUT2D eigenvalue weighted by atomic mass is 16.8. The summed E-state index contributed by atoms with van der Waals surface area (Å²) in [6.07, 6.45) is -9.42. The van der Waals surface area contributed by atoms with Crippen LogP contribution < -0.4 is 0 Å². The lowest BCUT2D eigenvalue weighted by Gasteiger charge is -2.47. The third-order valence-corrected chi connectivity index (χ3v) is 7.88. The van der Waals surface area contributed by atoms with E-state index in [4.69, 9.17) is 18.9 Å². The number of phenols is 9. The normalized spacial score (nSPS) is 20.9. The number of esters is 3. The average Bonchev–Trinajstić information content (AvgIpc) is 3.13. The Balaban J connectivity index is 1.60. The molecular weight excluding hydrogens is 712 g/mol. The molecule has 19 nitrogen and oxygen atoms in total. The Labute approximate surface area is 295 Å². The first kappa shape index (κ1) is 37.3. The Bertz CT molecular complexity index is 2030. The maximum Gasteiger partial charge on any atom is 0.341 e. The highest BCUT2D eigenvalue weighted by Gasteiger charge is 2.63. The van der Waals surface area contributed by atoms with Crippen molar-refractivity contribution < 1.29 is 94.3 Å². The number of aromatic hydroxyl groups is 9. The van der Waals surface area contributed by atoms with Crippen molar-refractivity contribution in [2.75, 3.05) is 6.61 Å². The third-order valence-electron chi connectivity index (χ3n) is 7.88. The monoisotopic (exact) mass is 740 g/mol. The summed E-state index contributed by atoms with van der Waals surface area (Å²) in [5, 5.41) is 112. The second-order valence-electron chi connectivity index (χ2n) is 11.4. The summed E-state index contributed by atoms with van der Waals surface area (Å²) in [5.74, 6) is -18.1. The summed E-state index contributed by atoms with van der Waals surface area (Å²) in [4.78, 5) is 53.9. The first-order valence-electron chi connectivity index (χ1n) is 14.9. The minimum absolute atomic E-state index is 0.323. The van der Waals surface area contributed by atoms with Gasteiger partial charge in [-0.1, -0.05) is 30.3 Å². The number of ether oxygens (including phenoxy) is 4. The Kier molecular flexibility index (Phi) is 10.1. The number of Topliss-reactive ketones (excluding diaryl/α,β-unsaturated/α-hetero) is 1. The van der Waals surface area contributed by atoms with Gasteiger partial charge >= 0.3 is 23.7 Å². The van der Waals surface area contributed by atoms with E-state index < -0.39 is 129 Å². The van der Waals surface area contributed by atoms with Crippen LogP contribution in [0.3, 0.4) is 0 Å². The van der Waals surface area contributed by atoms with Gasteiger partial charge in [0.25, 0.3) is 0 Å². The predicted octanol–water partition coefficient (Wildman–Crippen LogP) is 0.976. The molecule has 0 saturated carbocycles. The smallest absolute Gasteiger partial charge is 0.341 e. The molecule has 0 aliphatic carbocycles. The molecule has 5 atom stereocenters. The molecule has 1 aliphatic rings. The third kappa shape index (κ3) is 7.15. The van der Waals surface area contributed by atoms with Gasteiger partial charge in [0.05, 0.1) is 16.7 Å². The van der Waals surface area contributed by atoms with Gasteiger partial charge in [-0.3, -0.25) is 4.79 Å². The van der Waals surface area contributed by atoms with Crippen LogP contribution in [0, 0.1) is 0 Å². The van der Waals surface area contributed by atoms with Crippen molar-refractivity contribution in [3.63, 3.8) is 0 Å². The molecule has 4 aromatic rings. The van der Waals surface area contributed by atoms with E-state index in [0.29, 0.717) is 36.4 Å². The summed E-state index contributed by atoms with van der Waals surface area (Å²) in [6, 6.07) is 10.4. The highest BCUT2D eigenvalue weighted by Crippen LogP contribution is 2.41. The largest absolute Gasteiger partial charge is 0.504 e. The molecular formula is C34H28O19. The Morgan fingerprint density at radius 3 is 1.45 bits per heavy atom. The van der Waals surface area contributed by atoms with E-state index in [9.17, 15) is 75.3 Å². The SMILES string of the molecule is O=C(OC[C@H]1O[C@@](OC(=O)c2cc(O)c(O)c(O)c2)(C(=O)c2ccccc2)[C@H](O)[C@@H](OC(=O)c2cc(O)c(O)c(O)c2)[C@@H]1O)c1cc(O)c(O)c(O)c1. The quantitative estimate of drug-likeness (QED) is 0.0493. The molecule has 4 aromatic carbocycles. The van der Waals surface area contributed by atoms with E-state index >= 15 is 0 Å². The van der Waals surface area contributed by atoms with Gasteiger partial charge in [0.15, 0.2) is 64.0 Å². The van der Waals surface area contributed by atoms with E-state index in [1.54, 1.807) is 0 Å². The molecule has 53 heavy (non-hydrogen) atoms. The van der Waals surface area contributed by atoms with Gasteiger partial charge in [0, 0.05) is 5.56 Å². The molecule has 5 rings (SSSR count). The number of ketones is 1. The first-order chi connectivity index (χ1) is 24.9. The lowest BCUT2D eigenvalue weighted by atomic mass is 9.87. The Hall–Kier alpha value is -6.96. The molecule has 0 spiro atoms. The van der Waals surface area contributed by atoms with Crippen LogP contribution in [-0.2, 0) is 18.9 Å². The number of benzene rings is 4. The second kappa shape index (κ2) is 14.3. The zero-order valence-electron chi connectivity index (χ0n) is 26.6. The van der Waals surface area contributed by atoms with Gasteiger partial charge in [0.1, 0.15) is 18.8 Å². The van der Waals surface area contributed by atoms with Crippen molar-refractivity contribution in [3.8, 4) is 51.7 Å². The molecule has 1 aliphatic heterocycles. The van der Waals surface area contributed by atoms with Crippen molar-refractivity contribution in [3.05, 3.63) is 89.0 Å². The molecule has 1 saturated heterocycles. The van der Waals surface area contributed by atoms with Gasteiger partial charge < -0.3 is 75.1 Å². The minimum atomic E-state index is -3.35. The van der Waals surface area contributed by atoms with E-state index in [-0.39, 0.29) is 5.56 Å². The molecule has 0 unspecified atom stereocenters. The first-order valence-corrected chi connectivity index (χ1v) is 14.9. The van der Waals surface area contributed by atoms with Gasteiger partial charge in [-0.25, -0.2) is 14.4 Å². The zero-order chi connectivity index (χ0) is 38.9. The summed E-state index contributed by atoms with van der Waals surface area (Å²) < 4.78 is 21.6. The zero-order valence-corrected chi connectivity index (χ0v) is 26.6. The number of phenolic OH excluding ortho intramolecular Hbond substituents is 9. The molecule has 1 fully saturated rings. The van der Waals surface area contributed by atoms with Crippen LogP contribution in [0.4, 0.5) is 0 Å². The number of carbonyl (C=O) groups is 4. The van der Waals surface area contributed by atoms with Crippen molar-refractivity contribution in [1.82, 2.24) is 0 Å². The van der Waals surface area contributed by atoms with E-state index in [1.807, 2.05) is 0 Å². The van der Waals surface area contributed by atoms with E-state index in [2.05, 4.69) is 0 Å². The van der Waals surface area contributed by atoms with Gasteiger partial charge in [-0.15, -0.1) is 0 Å². The molecule has 0 radical (unpaired) electrons. The topological polar surface area (TPSA) is 328 Å². The van der Waals surface area contributed by atoms with E-state index in [1.165, 1.54) is 30.3 Å². The van der Waals surface area contributed by atoms with Crippen LogP contribution in [-0.4, -0.2) is 117 Å². The van der Waals surface area contributed by atoms with Crippen molar-refractivity contribution in [2.45, 2.75) is 30.2 Å². The molecule has 11 N–H and O–H groups in total. The van der Waals surface area contributed by atoms with Gasteiger partial charge in [0.2, 0.25) is 5.78 Å². The number of aliphatic hydroxyl groups excluding tert-OH is 2. The Morgan fingerprint density at radius 1 is 0.585 bits per heavy atom. The van der Waals surface area contributed by atoms with Crippen LogP contribution in [0.15, 0.2) is 66.7 Å². The number of aliphatic hydroxyl groups is 2. The summed E-state index contributed by atoms with van der Waals surface area (Å²) >= 11 is 0. The molecule has 19 heteroatoms. The summed E-state index contributed by atoms with van der Waals surface area (Å²) in [7, 11) is 0. The fraction of sp³-hybridized carbons (Fsp3) is 0.176. The number of rotatable bonds is 9. The van der Waals surface area contributed by atoms with Crippen LogP contribution in [0.2, 0.25) is 0 Å². The molecule has 0 aromatic heterocycles. The van der Waals surface area contributed by atoms with Gasteiger partial charge in [-0.05, 0) is 36.4 Å². The maximum absolute atomic E-state index is 14.2. The van der Waals surface area contributed by atoms with Crippen molar-refractivity contribution >= 4 is 23.7 Å². The number of hydrogen-bond acceptors (Lipinski definition) is 19. The summed E-state index contributed by atoms with van der Waals surface area (Å²) in [5.41, 5.74) is -2.29. The fourth-order valence-electron chi connectivity index (χ4n) is 5.15. The molecule has 278 valence electrons. The lowest BCUT2D eigenvalue weighted by molar-refractivity contribution is -0.319. The van der Waals surface area contributed by atoms with Crippen LogP contribution in [0.5, 0.6) is 51.7 Å². The fourth-order valence-corrected chi connectivity index (χ4v) is 5.15. The molecule has 0 amide bonds. The van der Waals surface area contributed by atoms with Crippen molar-refractivity contribution in [1.29, 1.82) is 0 Å². The van der Waals surface area contributed by atoms with Crippen LogP contribution in [0.25, 0.3) is 0 Å². The lowest BCUT2D eigenvalue weighted by Crippen LogP contribution is -2.70. The summed E-state index contributed by atoms with van der Waals surface area (Å²) in [6.45, 7) is -1.12. The standard InChI is InChI=1S/C34H28O19/c35-17-6-14(7-18(36)24(17)41)31(47)50-12-23-27(44)28(51-32(48)15-8-19(37)25(42)20(38)9-15)30(46)34(52-23,29(45)13-4-2-1-3-5-13)53-33(49)16-10-21(39)26(43)22(40)11-16/h1-11,23,27-28,30,35-44,46H,12H2/t23-,27-,28+,30-,34-/m1/s1. The average molecular weight is 741 g/mol. The molecule has 0 bridgehead atoms. The highest BCUT2D eigenvalue weighted by molar-refractivity contribution is 6.04. The number of carbonyl (C=O) groups excluding carboxylic acids is 4. The second-order valence-corrected chi connectivity index (χ2v) is 11.4. The van der Waals surface area contributed by atoms with Crippen LogP contribution in [0.1, 0.15) is 41.4 Å². The molecule has 1 heterocycles. The van der Waals surface area contributed by atoms with Crippen LogP contribution >= 0.6 is 0 Å². The maximum atomic E-state index is 14.2. The number of hydrogen-bond donors (Lipinski definition) is 11. The predicted molar refractivity (Wildman–Crippen MR) is 170 cm³/mol. The van der Waals surface area contributed by atoms with Crippen molar-refractivity contribution in [2.24, 2.45) is 0 Å². The van der Waals surface area contributed by atoms with Gasteiger partial charge in [-0.2, -0.15) is 0 Å². The van der Waals surface area contributed by atoms with E-state index in [0.717, 1.165) is 0 Å². The minimum Gasteiger partial charge on any atom is -0.504 e. The Morgan fingerprint density at radius 2 is 1.00 bits per heavy atom.